The average Bonchev–Trinajstić information content (AvgIpc) is 3.08. The minimum absolute atomic E-state index is 0.0231. The summed E-state index contributed by atoms with van der Waals surface area (Å²) in [7, 11) is 0. The summed E-state index contributed by atoms with van der Waals surface area (Å²) in [6.45, 7) is 3.69. The van der Waals surface area contributed by atoms with Gasteiger partial charge in [-0.1, -0.05) is 6.92 Å². The van der Waals surface area contributed by atoms with E-state index in [1.54, 1.807) is 23.9 Å². The highest BCUT2D eigenvalue weighted by atomic mass is 32.2. The van der Waals surface area contributed by atoms with Crippen LogP contribution in [0.5, 0.6) is 0 Å². The van der Waals surface area contributed by atoms with Crippen LogP contribution in [0.25, 0.3) is 0 Å². The van der Waals surface area contributed by atoms with Crippen molar-refractivity contribution in [2.75, 3.05) is 18.8 Å². The van der Waals surface area contributed by atoms with Gasteiger partial charge in [0.2, 0.25) is 5.91 Å². The minimum Gasteiger partial charge on any atom is -0.342 e. The van der Waals surface area contributed by atoms with Crippen molar-refractivity contribution in [1.82, 2.24) is 4.90 Å². The molecular formula is C17H23FN2OS. The van der Waals surface area contributed by atoms with Crippen LogP contribution >= 0.6 is 11.8 Å². The first-order chi connectivity index (χ1) is 10.5. The van der Waals surface area contributed by atoms with Crippen molar-refractivity contribution in [2.45, 2.75) is 30.7 Å². The predicted molar refractivity (Wildman–Crippen MR) is 87.1 cm³/mol. The number of fused-ring (bicyclic) bond motifs is 1. The fourth-order valence-corrected chi connectivity index (χ4v) is 4.54. The van der Waals surface area contributed by atoms with Crippen molar-refractivity contribution in [3.05, 3.63) is 30.1 Å². The van der Waals surface area contributed by atoms with Gasteiger partial charge < -0.3 is 10.6 Å². The van der Waals surface area contributed by atoms with Crippen LogP contribution in [-0.4, -0.2) is 35.7 Å². The molecule has 1 saturated heterocycles. The zero-order chi connectivity index (χ0) is 15.7. The van der Waals surface area contributed by atoms with Crippen LogP contribution in [0.4, 0.5) is 4.39 Å². The third-order valence-electron chi connectivity index (χ3n) is 4.96. The molecule has 1 aromatic rings. The van der Waals surface area contributed by atoms with E-state index in [-0.39, 0.29) is 23.7 Å². The van der Waals surface area contributed by atoms with Crippen molar-refractivity contribution < 1.29 is 9.18 Å². The topological polar surface area (TPSA) is 46.3 Å². The molecule has 0 spiro atoms. The molecule has 2 aliphatic rings. The van der Waals surface area contributed by atoms with Gasteiger partial charge in [-0.2, -0.15) is 0 Å². The molecule has 4 atom stereocenters. The second-order valence-electron chi connectivity index (χ2n) is 6.57. The van der Waals surface area contributed by atoms with Crippen LogP contribution in [-0.2, 0) is 4.79 Å². The highest BCUT2D eigenvalue weighted by Crippen LogP contribution is 2.37. The molecule has 1 amide bonds. The lowest BCUT2D eigenvalue weighted by Crippen LogP contribution is -2.37. The first-order valence-electron chi connectivity index (χ1n) is 7.97. The van der Waals surface area contributed by atoms with Crippen molar-refractivity contribution in [2.24, 2.45) is 23.5 Å². The van der Waals surface area contributed by atoms with Crippen LogP contribution in [0.1, 0.15) is 19.8 Å². The Morgan fingerprint density at radius 3 is 2.77 bits per heavy atom. The molecule has 0 radical (unpaired) electrons. The molecule has 1 aliphatic carbocycles. The number of likely N-dealkylation sites (tertiary alicyclic amines) is 1. The molecule has 4 unspecified atom stereocenters. The number of hydrogen-bond donors (Lipinski definition) is 1. The van der Waals surface area contributed by atoms with Gasteiger partial charge in [-0.3, -0.25) is 4.79 Å². The Balaban J connectivity index is 1.51. The lowest BCUT2D eigenvalue weighted by atomic mass is 9.98. The fraction of sp³-hybridized carbons (Fsp3) is 0.588. The Hall–Kier alpha value is -1.07. The minimum atomic E-state index is -0.228. The summed E-state index contributed by atoms with van der Waals surface area (Å²) in [5.41, 5.74) is 6.13. The normalized spacial score (nSPS) is 28.7. The molecule has 120 valence electrons. The molecule has 0 aromatic heterocycles. The van der Waals surface area contributed by atoms with Gasteiger partial charge in [-0.25, -0.2) is 4.39 Å². The largest absolute Gasteiger partial charge is 0.342 e. The molecule has 5 heteroatoms. The molecule has 3 rings (SSSR count). The third-order valence-corrected chi connectivity index (χ3v) is 6.23. The Kier molecular flexibility index (Phi) is 4.73. The summed E-state index contributed by atoms with van der Waals surface area (Å²) in [6.07, 6.45) is 2.27. The molecule has 1 saturated carbocycles. The number of thioether (sulfide) groups is 1. The van der Waals surface area contributed by atoms with E-state index in [9.17, 15) is 9.18 Å². The summed E-state index contributed by atoms with van der Waals surface area (Å²) in [6, 6.07) is 6.70. The number of hydrogen-bond acceptors (Lipinski definition) is 3. The van der Waals surface area contributed by atoms with E-state index in [0.717, 1.165) is 36.6 Å². The first kappa shape index (κ1) is 15.8. The van der Waals surface area contributed by atoms with E-state index in [0.29, 0.717) is 11.8 Å². The van der Waals surface area contributed by atoms with Crippen LogP contribution in [0.2, 0.25) is 0 Å². The van der Waals surface area contributed by atoms with E-state index >= 15 is 0 Å². The number of carbonyl (C=O) groups excluding carboxylic acids is 1. The van der Waals surface area contributed by atoms with Crippen LogP contribution in [0.3, 0.4) is 0 Å². The van der Waals surface area contributed by atoms with Crippen LogP contribution in [0, 0.1) is 23.6 Å². The van der Waals surface area contributed by atoms with E-state index in [1.807, 2.05) is 11.8 Å². The highest BCUT2D eigenvalue weighted by Gasteiger charge is 2.42. The zero-order valence-electron chi connectivity index (χ0n) is 12.9. The Morgan fingerprint density at radius 1 is 1.36 bits per heavy atom. The number of nitrogens with zero attached hydrogens (tertiary/aromatic N) is 1. The van der Waals surface area contributed by atoms with Crippen LogP contribution in [0.15, 0.2) is 29.2 Å². The Morgan fingerprint density at radius 2 is 2.09 bits per heavy atom. The summed E-state index contributed by atoms with van der Waals surface area (Å²) >= 11 is 1.61. The van der Waals surface area contributed by atoms with Crippen LogP contribution < -0.4 is 5.73 Å². The third kappa shape index (κ3) is 3.30. The number of benzene rings is 1. The number of rotatable bonds is 4. The van der Waals surface area contributed by atoms with Gasteiger partial charge >= 0.3 is 0 Å². The molecule has 2 N–H and O–H groups in total. The van der Waals surface area contributed by atoms with Crippen molar-refractivity contribution in [3.8, 4) is 0 Å². The van der Waals surface area contributed by atoms with Crippen molar-refractivity contribution in [1.29, 1.82) is 0 Å². The predicted octanol–water partition coefficient (Wildman–Crippen LogP) is 2.75. The first-order valence-corrected chi connectivity index (χ1v) is 8.96. The van der Waals surface area contributed by atoms with Gasteiger partial charge in [0.1, 0.15) is 5.82 Å². The summed E-state index contributed by atoms with van der Waals surface area (Å²) < 4.78 is 12.9. The maximum atomic E-state index is 12.9. The van der Waals surface area contributed by atoms with Crippen molar-refractivity contribution in [3.63, 3.8) is 0 Å². The monoisotopic (exact) mass is 322 g/mol. The molecule has 22 heavy (non-hydrogen) atoms. The molecular weight excluding hydrogens is 299 g/mol. The maximum Gasteiger partial charge on any atom is 0.226 e. The summed E-state index contributed by atoms with van der Waals surface area (Å²) in [4.78, 5) is 15.6. The van der Waals surface area contributed by atoms with Crippen molar-refractivity contribution >= 4 is 17.7 Å². The standard InChI is InChI=1S/C17H23FN2OS/c1-11(10-22-14-5-3-13(18)4-6-14)17(21)20-8-12-2-7-16(19)15(12)9-20/h3-6,11-12,15-16H,2,7-10,19H2,1H3. The van der Waals surface area contributed by atoms with E-state index < -0.39 is 0 Å². The molecule has 0 bridgehead atoms. The average molecular weight is 322 g/mol. The van der Waals surface area contributed by atoms with E-state index in [4.69, 9.17) is 5.73 Å². The van der Waals surface area contributed by atoms with Gasteiger partial charge in [0, 0.05) is 35.7 Å². The second-order valence-corrected chi connectivity index (χ2v) is 7.67. The molecule has 1 heterocycles. The summed E-state index contributed by atoms with van der Waals surface area (Å²) in [5, 5.41) is 0. The number of halogens is 1. The van der Waals surface area contributed by atoms with Gasteiger partial charge in [0.05, 0.1) is 0 Å². The molecule has 1 aliphatic heterocycles. The molecule has 1 aromatic carbocycles. The van der Waals surface area contributed by atoms with Gasteiger partial charge in [0.15, 0.2) is 0 Å². The van der Waals surface area contributed by atoms with E-state index in [1.165, 1.54) is 12.1 Å². The number of nitrogens with two attached hydrogens (primary N) is 1. The lowest BCUT2D eigenvalue weighted by Gasteiger charge is -2.22. The Bertz CT molecular complexity index is 536. The number of amides is 1. The zero-order valence-corrected chi connectivity index (χ0v) is 13.7. The SMILES string of the molecule is CC(CSc1ccc(F)cc1)C(=O)N1CC2CCC(N)C2C1. The smallest absolute Gasteiger partial charge is 0.226 e. The molecule has 3 nitrogen and oxygen atoms in total. The van der Waals surface area contributed by atoms with E-state index in [2.05, 4.69) is 0 Å². The lowest BCUT2D eigenvalue weighted by molar-refractivity contribution is -0.133. The van der Waals surface area contributed by atoms with Gasteiger partial charge in [0.25, 0.3) is 0 Å². The molecule has 2 fully saturated rings. The fourth-order valence-electron chi connectivity index (χ4n) is 3.62. The quantitative estimate of drug-likeness (QED) is 0.867. The highest BCUT2D eigenvalue weighted by molar-refractivity contribution is 7.99. The van der Waals surface area contributed by atoms with Gasteiger partial charge in [-0.15, -0.1) is 11.8 Å². The number of carbonyl (C=O) groups is 1. The Labute approximate surface area is 135 Å². The summed E-state index contributed by atoms with van der Waals surface area (Å²) in [5.74, 6) is 1.81. The van der Waals surface area contributed by atoms with Gasteiger partial charge in [-0.05, 0) is 48.9 Å². The second kappa shape index (κ2) is 6.59. The maximum absolute atomic E-state index is 12.9.